The van der Waals surface area contributed by atoms with Gasteiger partial charge in [0.1, 0.15) is 0 Å². The van der Waals surface area contributed by atoms with Crippen LogP contribution in [0.1, 0.15) is 24.3 Å². The van der Waals surface area contributed by atoms with Gasteiger partial charge >= 0.3 is 0 Å². The van der Waals surface area contributed by atoms with Crippen LogP contribution in [0.2, 0.25) is 0 Å². The lowest BCUT2D eigenvalue weighted by molar-refractivity contribution is -0.0383. The molecule has 0 radical (unpaired) electrons. The molecule has 0 aromatic carbocycles. The van der Waals surface area contributed by atoms with Gasteiger partial charge < -0.3 is 19.8 Å². The van der Waals surface area contributed by atoms with E-state index in [1.54, 1.807) is 11.3 Å². The van der Waals surface area contributed by atoms with E-state index >= 15 is 0 Å². The zero-order valence-corrected chi connectivity index (χ0v) is 15.8. The molecule has 1 aliphatic heterocycles. The Balaban J connectivity index is 2.16. The molecule has 3 heterocycles. The first-order valence-corrected chi connectivity index (χ1v) is 10.00. The minimum absolute atomic E-state index is 0.0152. The summed E-state index contributed by atoms with van der Waals surface area (Å²) in [6.45, 7) is 5.67. The van der Waals surface area contributed by atoms with Gasteiger partial charge in [-0.1, -0.05) is 11.8 Å². The molecule has 0 bridgehead atoms. The summed E-state index contributed by atoms with van der Waals surface area (Å²) < 4.78 is 6.99. The highest BCUT2D eigenvalue weighted by atomic mass is 32.2. The third-order valence-corrected chi connectivity index (χ3v) is 5.86. The van der Waals surface area contributed by atoms with Gasteiger partial charge in [-0.15, -0.1) is 11.3 Å². The van der Waals surface area contributed by atoms with Crippen LogP contribution in [0.4, 0.5) is 5.82 Å². The van der Waals surface area contributed by atoms with Gasteiger partial charge in [0.05, 0.1) is 35.6 Å². The van der Waals surface area contributed by atoms with Crippen LogP contribution in [0.3, 0.4) is 0 Å². The average molecular weight is 370 g/mol. The fourth-order valence-corrected chi connectivity index (χ4v) is 4.74. The highest BCUT2D eigenvalue weighted by Gasteiger charge is 2.31. The molecule has 132 valence electrons. The Kier molecular flexibility index (Phi) is 5.31. The molecule has 2 N–H and O–H groups in total. The molecule has 2 aromatic rings. The zero-order valence-electron chi connectivity index (χ0n) is 14.2. The number of thiophene rings is 1. The molecule has 1 aliphatic rings. The quantitative estimate of drug-likeness (QED) is 0.596. The second kappa shape index (κ2) is 7.13. The van der Waals surface area contributed by atoms with E-state index < -0.39 is 0 Å². The molecule has 3 rings (SSSR count). The summed E-state index contributed by atoms with van der Waals surface area (Å²) in [4.78, 5) is 12.6. The Labute approximate surface area is 149 Å². The number of hydrogen-bond donors (Lipinski definition) is 2. The van der Waals surface area contributed by atoms with E-state index in [1.165, 1.54) is 16.6 Å². The second-order valence-corrected chi connectivity index (χ2v) is 8.25. The molecule has 0 fully saturated rings. The highest BCUT2D eigenvalue weighted by Crippen LogP contribution is 2.41. The molecule has 0 saturated heterocycles. The van der Waals surface area contributed by atoms with E-state index in [0.29, 0.717) is 24.9 Å². The van der Waals surface area contributed by atoms with Crippen LogP contribution in [0, 0.1) is 0 Å². The van der Waals surface area contributed by atoms with Crippen molar-refractivity contribution in [2.75, 3.05) is 37.5 Å². The van der Waals surface area contributed by atoms with Crippen LogP contribution in [0.25, 0.3) is 10.2 Å². The topological polar surface area (TPSA) is 78.7 Å². The first kappa shape index (κ1) is 17.9. The van der Waals surface area contributed by atoms with E-state index in [4.69, 9.17) is 9.72 Å². The van der Waals surface area contributed by atoms with Crippen molar-refractivity contribution in [2.24, 2.45) is 0 Å². The lowest BCUT2D eigenvalue weighted by Gasteiger charge is -2.29. The normalized spacial score (nSPS) is 16.4. The Bertz CT molecular complexity index is 727. The number of aromatic nitrogens is 2. The Hall–Kier alpha value is -0.930. The Morgan fingerprint density at radius 3 is 2.58 bits per heavy atom. The summed E-state index contributed by atoms with van der Waals surface area (Å²) in [6, 6.07) is 0. The van der Waals surface area contributed by atoms with Crippen LogP contribution in [0.5, 0.6) is 0 Å². The summed E-state index contributed by atoms with van der Waals surface area (Å²) in [7, 11) is 0. The third kappa shape index (κ3) is 3.39. The maximum atomic E-state index is 9.37. The van der Waals surface area contributed by atoms with Gasteiger partial charge in [-0.2, -0.15) is 0 Å². The molecule has 0 unspecified atom stereocenters. The molecular formula is C16H23N3O3S2. The van der Waals surface area contributed by atoms with Crippen molar-refractivity contribution in [1.82, 2.24) is 9.97 Å². The standard InChI is InChI=1S/C16H23N3O3S2/c1-16(2)8-11-10(9-22-16)12-13(24-11)14(18-15(17-12)23-3)19(4-6-20)5-7-21/h20-21H,4-9H2,1-3H3. The molecule has 0 amide bonds. The molecule has 2 aromatic heterocycles. The highest BCUT2D eigenvalue weighted by molar-refractivity contribution is 7.98. The number of aliphatic hydroxyl groups is 2. The number of nitrogens with zero attached hydrogens (tertiary/aromatic N) is 3. The van der Waals surface area contributed by atoms with Gasteiger partial charge in [-0.3, -0.25) is 0 Å². The molecule has 0 saturated carbocycles. The zero-order chi connectivity index (χ0) is 17.3. The van der Waals surface area contributed by atoms with Crippen LogP contribution in [-0.4, -0.2) is 58.3 Å². The molecule has 0 atom stereocenters. The first-order valence-electron chi connectivity index (χ1n) is 7.96. The number of hydrogen-bond acceptors (Lipinski definition) is 8. The van der Waals surface area contributed by atoms with Crippen LogP contribution in [0.15, 0.2) is 5.16 Å². The molecule has 24 heavy (non-hydrogen) atoms. The number of anilines is 1. The predicted octanol–water partition coefficient (Wildman–Crippen LogP) is 2.06. The molecule has 0 aliphatic carbocycles. The van der Waals surface area contributed by atoms with Crippen molar-refractivity contribution in [3.63, 3.8) is 0 Å². The van der Waals surface area contributed by atoms with Crippen molar-refractivity contribution in [1.29, 1.82) is 0 Å². The van der Waals surface area contributed by atoms with E-state index in [9.17, 15) is 10.2 Å². The molecular weight excluding hydrogens is 346 g/mol. The van der Waals surface area contributed by atoms with E-state index in [2.05, 4.69) is 18.8 Å². The SMILES string of the molecule is CSc1nc(N(CCO)CCO)c2sc3c(c2n1)COC(C)(C)C3. The summed E-state index contributed by atoms with van der Waals surface area (Å²) in [6.07, 6.45) is 2.81. The van der Waals surface area contributed by atoms with Gasteiger partial charge in [0.2, 0.25) is 0 Å². The van der Waals surface area contributed by atoms with Crippen molar-refractivity contribution in [3.8, 4) is 0 Å². The monoisotopic (exact) mass is 369 g/mol. The van der Waals surface area contributed by atoms with Crippen molar-refractivity contribution in [3.05, 3.63) is 10.4 Å². The summed E-state index contributed by atoms with van der Waals surface area (Å²) >= 11 is 3.20. The number of ether oxygens (including phenoxy) is 1. The van der Waals surface area contributed by atoms with Crippen LogP contribution >= 0.6 is 23.1 Å². The average Bonchev–Trinajstić information content (AvgIpc) is 2.89. The smallest absolute Gasteiger partial charge is 0.189 e. The van der Waals surface area contributed by atoms with Gasteiger partial charge in [0.25, 0.3) is 0 Å². The number of fused-ring (bicyclic) bond motifs is 3. The fraction of sp³-hybridized carbons (Fsp3) is 0.625. The van der Waals surface area contributed by atoms with E-state index in [1.807, 2.05) is 11.2 Å². The third-order valence-electron chi connectivity index (χ3n) is 4.09. The molecule has 0 spiro atoms. The maximum Gasteiger partial charge on any atom is 0.189 e. The van der Waals surface area contributed by atoms with E-state index in [-0.39, 0.29) is 18.8 Å². The fourth-order valence-electron chi connectivity index (χ4n) is 2.90. The van der Waals surface area contributed by atoms with Crippen LogP contribution < -0.4 is 4.90 Å². The lowest BCUT2D eigenvalue weighted by atomic mass is 9.98. The summed E-state index contributed by atoms with van der Waals surface area (Å²) in [5.41, 5.74) is 1.93. The number of thioether (sulfide) groups is 1. The summed E-state index contributed by atoms with van der Waals surface area (Å²) in [5.74, 6) is 0.796. The van der Waals surface area contributed by atoms with Gasteiger partial charge in [-0.25, -0.2) is 9.97 Å². The Morgan fingerprint density at radius 2 is 1.96 bits per heavy atom. The minimum atomic E-state index is -0.167. The molecule has 6 nitrogen and oxygen atoms in total. The van der Waals surface area contributed by atoms with Crippen LogP contribution in [-0.2, 0) is 17.8 Å². The number of rotatable bonds is 6. The van der Waals surface area contributed by atoms with Crippen molar-refractivity contribution < 1.29 is 14.9 Å². The largest absolute Gasteiger partial charge is 0.395 e. The number of aliphatic hydroxyl groups excluding tert-OH is 2. The van der Waals surface area contributed by atoms with Crippen molar-refractivity contribution >= 4 is 39.1 Å². The van der Waals surface area contributed by atoms with Crippen molar-refractivity contribution in [2.45, 2.75) is 37.6 Å². The maximum absolute atomic E-state index is 9.37. The lowest BCUT2D eigenvalue weighted by Crippen LogP contribution is -2.31. The van der Waals surface area contributed by atoms with Gasteiger partial charge in [0, 0.05) is 30.0 Å². The predicted molar refractivity (Wildman–Crippen MR) is 98.2 cm³/mol. The summed E-state index contributed by atoms with van der Waals surface area (Å²) in [5, 5.41) is 19.4. The minimum Gasteiger partial charge on any atom is -0.395 e. The first-order chi connectivity index (χ1) is 11.5. The Morgan fingerprint density at radius 1 is 1.25 bits per heavy atom. The van der Waals surface area contributed by atoms with Gasteiger partial charge in [-0.05, 0) is 20.1 Å². The van der Waals surface area contributed by atoms with Gasteiger partial charge in [0.15, 0.2) is 11.0 Å². The van der Waals surface area contributed by atoms with E-state index in [0.717, 1.165) is 28.0 Å². The second-order valence-electron chi connectivity index (χ2n) is 6.37. The molecule has 8 heteroatoms.